The predicted molar refractivity (Wildman–Crippen MR) is 83.9 cm³/mol. The van der Waals surface area contributed by atoms with E-state index in [1.165, 1.54) is 12.1 Å². The summed E-state index contributed by atoms with van der Waals surface area (Å²) in [6, 6.07) is 4.50. The normalized spacial score (nSPS) is 22.0. The van der Waals surface area contributed by atoms with Crippen molar-refractivity contribution in [3.8, 4) is 0 Å². The smallest absolute Gasteiger partial charge is 0.229 e. The number of sulfonamides is 1. The Balaban J connectivity index is 2.08. The predicted octanol–water partition coefficient (Wildman–Crippen LogP) is 1.78. The summed E-state index contributed by atoms with van der Waals surface area (Å²) in [5.41, 5.74) is 6.68. The molecular formula is C13H18ClN3O3S. The third kappa shape index (κ3) is 4.33. The summed E-state index contributed by atoms with van der Waals surface area (Å²) in [4.78, 5) is 12.1. The summed E-state index contributed by atoms with van der Waals surface area (Å²) in [6.45, 7) is 0. The van der Waals surface area contributed by atoms with Gasteiger partial charge < -0.3 is 11.1 Å². The molecule has 0 radical (unpaired) electrons. The van der Waals surface area contributed by atoms with Crippen LogP contribution in [0, 0.1) is 5.92 Å². The number of nitrogens with two attached hydrogens (primary N) is 1. The Hall–Kier alpha value is -1.31. The van der Waals surface area contributed by atoms with Crippen molar-refractivity contribution in [3.63, 3.8) is 0 Å². The second-order valence-corrected chi connectivity index (χ2v) is 7.42. The number of anilines is 2. The van der Waals surface area contributed by atoms with Crippen molar-refractivity contribution in [2.45, 2.75) is 25.3 Å². The number of nitrogens with one attached hydrogen (secondary N) is 2. The Labute approximate surface area is 129 Å². The maximum Gasteiger partial charge on any atom is 0.229 e. The molecule has 1 fully saturated rings. The molecule has 0 aliphatic heterocycles. The van der Waals surface area contributed by atoms with E-state index in [4.69, 9.17) is 17.3 Å². The molecule has 21 heavy (non-hydrogen) atoms. The Morgan fingerprint density at radius 3 is 2.62 bits per heavy atom. The SMILES string of the molecule is CS(=O)(=O)Nc1ccc(NC(=O)C2CCCC2N)cc1Cl. The number of carbonyl (C=O) groups is 1. The van der Waals surface area contributed by atoms with Gasteiger partial charge in [-0.3, -0.25) is 9.52 Å². The molecule has 0 saturated heterocycles. The van der Waals surface area contributed by atoms with Crippen molar-refractivity contribution in [1.29, 1.82) is 0 Å². The average molecular weight is 332 g/mol. The third-order valence-corrected chi connectivity index (χ3v) is 4.34. The van der Waals surface area contributed by atoms with Crippen molar-refractivity contribution in [3.05, 3.63) is 23.2 Å². The van der Waals surface area contributed by atoms with Crippen molar-refractivity contribution in [2.75, 3.05) is 16.3 Å². The molecule has 8 heteroatoms. The maximum absolute atomic E-state index is 12.1. The molecule has 1 aliphatic rings. The molecule has 2 atom stereocenters. The summed E-state index contributed by atoms with van der Waals surface area (Å²) in [6.07, 6.45) is 3.64. The molecule has 1 aliphatic carbocycles. The highest BCUT2D eigenvalue weighted by atomic mass is 35.5. The lowest BCUT2D eigenvalue weighted by molar-refractivity contribution is -0.120. The molecule has 1 saturated carbocycles. The van der Waals surface area contributed by atoms with Crippen molar-refractivity contribution >= 4 is 38.9 Å². The van der Waals surface area contributed by atoms with Crippen LogP contribution in [0.15, 0.2) is 18.2 Å². The van der Waals surface area contributed by atoms with Crippen LogP contribution in [0.3, 0.4) is 0 Å². The van der Waals surface area contributed by atoms with E-state index in [0.717, 1.165) is 25.5 Å². The molecule has 1 amide bonds. The summed E-state index contributed by atoms with van der Waals surface area (Å²) >= 11 is 6.00. The Morgan fingerprint density at radius 1 is 1.38 bits per heavy atom. The highest BCUT2D eigenvalue weighted by Crippen LogP contribution is 2.28. The number of amides is 1. The molecule has 2 unspecified atom stereocenters. The number of carbonyl (C=O) groups excluding carboxylic acids is 1. The first-order valence-electron chi connectivity index (χ1n) is 6.60. The van der Waals surface area contributed by atoms with Gasteiger partial charge in [0.25, 0.3) is 0 Å². The molecule has 0 bridgehead atoms. The van der Waals surface area contributed by atoms with Crippen LogP contribution < -0.4 is 15.8 Å². The van der Waals surface area contributed by atoms with Crippen LogP contribution in [0.1, 0.15) is 19.3 Å². The number of halogens is 1. The van der Waals surface area contributed by atoms with Gasteiger partial charge in [0.1, 0.15) is 0 Å². The molecule has 0 aromatic heterocycles. The Bertz CT molecular complexity index is 648. The van der Waals surface area contributed by atoms with E-state index >= 15 is 0 Å². The molecule has 0 spiro atoms. The monoisotopic (exact) mass is 331 g/mol. The van der Waals surface area contributed by atoms with Gasteiger partial charge in [0, 0.05) is 11.7 Å². The van der Waals surface area contributed by atoms with E-state index in [-0.39, 0.29) is 28.6 Å². The maximum atomic E-state index is 12.1. The quantitative estimate of drug-likeness (QED) is 0.782. The zero-order chi connectivity index (χ0) is 15.6. The van der Waals surface area contributed by atoms with Gasteiger partial charge in [-0.05, 0) is 31.0 Å². The standard InChI is InChI=1S/C13H18ClN3O3S/c1-21(19,20)17-12-6-5-8(7-10(12)14)16-13(18)9-3-2-4-11(9)15/h5-7,9,11,17H,2-4,15H2,1H3,(H,16,18). The zero-order valence-corrected chi connectivity index (χ0v) is 13.2. The van der Waals surface area contributed by atoms with E-state index in [9.17, 15) is 13.2 Å². The van der Waals surface area contributed by atoms with Crippen LogP contribution in [-0.4, -0.2) is 26.6 Å². The van der Waals surface area contributed by atoms with Gasteiger partial charge in [0.05, 0.1) is 22.9 Å². The topological polar surface area (TPSA) is 101 Å². The lowest BCUT2D eigenvalue weighted by atomic mass is 10.0. The van der Waals surface area contributed by atoms with Crippen LogP contribution in [-0.2, 0) is 14.8 Å². The van der Waals surface area contributed by atoms with Gasteiger partial charge in [-0.25, -0.2) is 8.42 Å². The minimum atomic E-state index is -3.39. The number of hydrogen-bond donors (Lipinski definition) is 3. The van der Waals surface area contributed by atoms with Crippen LogP contribution in [0.5, 0.6) is 0 Å². The first-order valence-corrected chi connectivity index (χ1v) is 8.87. The van der Waals surface area contributed by atoms with E-state index in [0.29, 0.717) is 5.69 Å². The van der Waals surface area contributed by atoms with Crippen molar-refractivity contribution < 1.29 is 13.2 Å². The molecule has 1 aromatic rings. The summed E-state index contributed by atoms with van der Waals surface area (Å²) in [7, 11) is -3.39. The Morgan fingerprint density at radius 2 is 2.10 bits per heavy atom. The number of hydrogen-bond acceptors (Lipinski definition) is 4. The van der Waals surface area contributed by atoms with E-state index in [1.807, 2.05) is 0 Å². The molecule has 1 aromatic carbocycles. The fourth-order valence-electron chi connectivity index (χ4n) is 2.42. The van der Waals surface area contributed by atoms with Crippen LogP contribution >= 0.6 is 11.6 Å². The van der Waals surface area contributed by atoms with Crippen LogP contribution in [0.2, 0.25) is 5.02 Å². The lowest BCUT2D eigenvalue weighted by Crippen LogP contribution is -2.34. The van der Waals surface area contributed by atoms with Crippen LogP contribution in [0.25, 0.3) is 0 Å². The first kappa shape index (κ1) is 16.1. The minimum absolute atomic E-state index is 0.105. The van der Waals surface area contributed by atoms with Gasteiger partial charge in [-0.1, -0.05) is 18.0 Å². The fourth-order valence-corrected chi connectivity index (χ4v) is 3.29. The Kier molecular flexibility index (Phi) is 4.75. The number of benzene rings is 1. The van der Waals surface area contributed by atoms with E-state index in [1.54, 1.807) is 6.07 Å². The molecule has 116 valence electrons. The van der Waals surface area contributed by atoms with Crippen molar-refractivity contribution in [1.82, 2.24) is 0 Å². The van der Waals surface area contributed by atoms with Gasteiger partial charge in [-0.2, -0.15) is 0 Å². The summed E-state index contributed by atoms with van der Waals surface area (Å²) in [5, 5.41) is 2.98. The van der Waals surface area contributed by atoms with Gasteiger partial charge >= 0.3 is 0 Å². The fraction of sp³-hybridized carbons (Fsp3) is 0.462. The second kappa shape index (κ2) is 6.21. The van der Waals surface area contributed by atoms with E-state index < -0.39 is 10.0 Å². The summed E-state index contributed by atoms with van der Waals surface area (Å²) < 4.78 is 24.6. The lowest BCUT2D eigenvalue weighted by Gasteiger charge is -2.16. The highest BCUT2D eigenvalue weighted by molar-refractivity contribution is 7.92. The molecular weight excluding hydrogens is 314 g/mol. The zero-order valence-electron chi connectivity index (χ0n) is 11.6. The molecule has 4 N–H and O–H groups in total. The molecule has 2 rings (SSSR count). The van der Waals surface area contributed by atoms with Gasteiger partial charge in [-0.15, -0.1) is 0 Å². The molecule has 6 nitrogen and oxygen atoms in total. The third-order valence-electron chi connectivity index (χ3n) is 3.44. The average Bonchev–Trinajstić information content (AvgIpc) is 2.77. The van der Waals surface area contributed by atoms with Gasteiger partial charge in [0.15, 0.2) is 0 Å². The minimum Gasteiger partial charge on any atom is -0.327 e. The van der Waals surface area contributed by atoms with Crippen molar-refractivity contribution in [2.24, 2.45) is 11.7 Å². The van der Waals surface area contributed by atoms with Crippen LogP contribution in [0.4, 0.5) is 11.4 Å². The second-order valence-electron chi connectivity index (χ2n) is 5.26. The van der Waals surface area contributed by atoms with Gasteiger partial charge in [0.2, 0.25) is 15.9 Å². The number of rotatable bonds is 4. The largest absolute Gasteiger partial charge is 0.327 e. The first-order chi connectivity index (χ1) is 9.76. The van der Waals surface area contributed by atoms with E-state index in [2.05, 4.69) is 10.0 Å². The highest BCUT2D eigenvalue weighted by Gasteiger charge is 2.30. The molecule has 0 heterocycles. The summed E-state index contributed by atoms with van der Waals surface area (Å²) in [5.74, 6) is -0.308.